The molecule has 0 radical (unpaired) electrons. The molecule has 1 unspecified atom stereocenters. The summed E-state index contributed by atoms with van der Waals surface area (Å²) in [6.07, 6.45) is 0.901. The number of para-hydroxylation sites is 1. The van der Waals surface area contributed by atoms with Gasteiger partial charge in [-0.05, 0) is 30.7 Å². The fourth-order valence-electron chi connectivity index (χ4n) is 2.33. The van der Waals surface area contributed by atoms with E-state index in [9.17, 15) is 5.11 Å². The highest BCUT2D eigenvalue weighted by molar-refractivity contribution is 7.16. The lowest BCUT2D eigenvalue weighted by molar-refractivity contribution is 0.463. The lowest BCUT2D eigenvalue weighted by Crippen LogP contribution is -2.09. The molecule has 0 bridgehead atoms. The van der Waals surface area contributed by atoms with Crippen LogP contribution in [0.2, 0.25) is 0 Å². The van der Waals surface area contributed by atoms with Crippen LogP contribution in [0.4, 0.5) is 5.69 Å². The molecule has 0 aliphatic rings. The summed E-state index contributed by atoms with van der Waals surface area (Å²) in [7, 11) is 0. The van der Waals surface area contributed by atoms with Crippen molar-refractivity contribution >= 4 is 27.2 Å². The Morgan fingerprint density at radius 2 is 2.10 bits per heavy atom. The Morgan fingerprint density at radius 3 is 2.90 bits per heavy atom. The van der Waals surface area contributed by atoms with Gasteiger partial charge in [0.2, 0.25) is 0 Å². The monoisotopic (exact) mass is 284 g/mol. The van der Waals surface area contributed by atoms with Crippen molar-refractivity contribution in [3.8, 4) is 5.75 Å². The molecule has 1 atom stereocenters. The number of benzene rings is 2. The summed E-state index contributed by atoms with van der Waals surface area (Å²) in [4.78, 5) is 4.28. The number of fused-ring (bicyclic) bond motifs is 1. The van der Waals surface area contributed by atoms with E-state index in [0.717, 1.165) is 23.2 Å². The summed E-state index contributed by atoms with van der Waals surface area (Å²) < 4.78 is 1.17. The van der Waals surface area contributed by atoms with E-state index in [0.29, 0.717) is 5.75 Å². The van der Waals surface area contributed by atoms with Crippen LogP contribution in [-0.4, -0.2) is 10.1 Å². The van der Waals surface area contributed by atoms with Crippen molar-refractivity contribution in [2.75, 3.05) is 5.32 Å². The largest absolute Gasteiger partial charge is 0.508 e. The third-order valence-corrected chi connectivity index (χ3v) is 4.18. The van der Waals surface area contributed by atoms with Crippen LogP contribution in [0.3, 0.4) is 0 Å². The number of nitrogens with zero attached hydrogens (tertiary/aromatic N) is 1. The van der Waals surface area contributed by atoms with Gasteiger partial charge in [0.05, 0.1) is 21.8 Å². The molecule has 2 aromatic carbocycles. The molecule has 3 nitrogen and oxygen atoms in total. The zero-order chi connectivity index (χ0) is 13.9. The average molecular weight is 284 g/mol. The fourth-order valence-corrected chi connectivity index (χ4v) is 3.04. The molecule has 0 fully saturated rings. The maximum atomic E-state index is 9.98. The predicted octanol–water partition coefficient (Wildman–Crippen LogP) is 4.57. The number of aromatic hydroxyl groups is 1. The zero-order valence-electron chi connectivity index (χ0n) is 11.2. The minimum atomic E-state index is 0.0987. The van der Waals surface area contributed by atoms with E-state index in [2.05, 4.69) is 23.3 Å². The summed E-state index contributed by atoms with van der Waals surface area (Å²) in [5.41, 5.74) is 4.86. The van der Waals surface area contributed by atoms with Crippen molar-refractivity contribution in [3.63, 3.8) is 0 Å². The number of phenolic OH excluding ortho intramolecular Hbond substituents is 1. The van der Waals surface area contributed by atoms with Gasteiger partial charge in [0, 0.05) is 11.3 Å². The third kappa shape index (κ3) is 2.47. The fraction of sp³-hybridized carbons (Fsp3) is 0.188. The maximum Gasteiger partial charge on any atom is 0.120 e. The summed E-state index contributed by atoms with van der Waals surface area (Å²) in [6.45, 7) is 2.11. The lowest BCUT2D eigenvalue weighted by Gasteiger charge is -2.19. The van der Waals surface area contributed by atoms with E-state index < -0.39 is 0 Å². The summed E-state index contributed by atoms with van der Waals surface area (Å²) >= 11 is 1.63. The van der Waals surface area contributed by atoms with Gasteiger partial charge >= 0.3 is 0 Å². The molecular weight excluding hydrogens is 268 g/mol. The van der Waals surface area contributed by atoms with Crippen LogP contribution in [0.5, 0.6) is 5.75 Å². The van der Waals surface area contributed by atoms with E-state index >= 15 is 0 Å². The first-order valence-electron chi connectivity index (χ1n) is 6.65. The van der Waals surface area contributed by atoms with Crippen molar-refractivity contribution in [1.82, 2.24) is 4.98 Å². The van der Waals surface area contributed by atoms with Crippen LogP contribution < -0.4 is 5.32 Å². The number of thiazole rings is 1. The maximum absolute atomic E-state index is 9.98. The number of hydrogen-bond acceptors (Lipinski definition) is 4. The van der Waals surface area contributed by atoms with E-state index in [1.54, 1.807) is 17.4 Å². The number of nitrogens with one attached hydrogen (secondary N) is 1. The Hall–Kier alpha value is -2.07. The molecule has 0 saturated heterocycles. The third-order valence-electron chi connectivity index (χ3n) is 3.39. The molecule has 3 aromatic rings. The van der Waals surface area contributed by atoms with Crippen molar-refractivity contribution in [1.29, 1.82) is 0 Å². The molecule has 0 saturated carbocycles. The molecule has 0 spiro atoms. The standard InChI is InChI=1S/C16H16N2OS/c1-2-13(12-5-3-4-6-15(12)19)18-11-7-8-14-16(9-11)20-10-17-14/h3-10,13,18-19H,2H2,1H3. The normalized spacial score (nSPS) is 12.4. The van der Waals surface area contributed by atoms with Crippen molar-refractivity contribution < 1.29 is 5.11 Å². The first-order valence-corrected chi connectivity index (χ1v) is 7.53. The number of rotatable bonds is 4. The molecule has 0 aliphatic carbocycles. The van der Waals surface area contributed by atoms with Gasteiger partial charge in [-0.2, -0.15) is 0 Å². The van der Waals surface area contributed by atoms with E-state index in [1.807, 2.05) is 35.8 Å². The molecule has 1 aromatic heterocycles. The van der Waals surface area contributed by atoms with Gasteiger partial charge < -0.3 is 10.4 Å². The minimum absolute atomic E-state index is 0.0987. The number of phenols is 1. The molecule has 0 aliphatic heterocycles. The molecule has 4 heteroatoms. The second-order valence-corrected chi connectivity index (χ2v) is 5.59. The topological polar surface area (TPSA) is 45.2 Å². The number of aromatic nitrogens is 1. The quantitative estimate of drug-likeness (QED) is 0.738. The summed E-state index contributed by atoms with van der Waals surface area (Å²) in [5, 5.41) is 13.5. The van der Waals surface area contributed by atoms with E-state index in [4.69, 9.17) is 0 Å². The van der Waals surface area contributed by atoms with Gasteiger partial charge in [0.1, 0.15) is 5.75 Å². The highest BCUT2D eigenvalue weighted by Crippen LogP contribution is 2.30. The van der Waals surface area contributed by atoms with Crippen molar-refractivity contribution in [2.24, 2.45) is 0 Å². The predicted molar refractivity (Wildman–Crippen MR) is 84.4 cm³/mol. The van der Waals surface area contributed by atoms with Gasteiger partial charge in [-0.15, -0.1) is 11.3 Å². The van der Waals surface area contributed by atoms with Gasteiger partial charge in [-0.1, -0.05) is 25.1 Å². The average Bonchev–Trinajstić information content (AvgIpc) is 2.93. The van der Waals surface area contributed by atoms with Crippen molar-refractivity contribution in [2.45, 2.75) is 19.4 Å². The SMILES string of the molecule is CCC(Nc1ccc2ncsc2c1)c1ccccc1O. The Balaban J connectivity index is 1.89. The van der Waals surface area contributed by atoms with Crippen LogP contribution in [-0.2, 0) is 0 Å². The van der Waals surface area contributed by atoms with Crippen LogP contribution in [0.15, 0.2) is 48.0 Å². The second kappa shape index (κ2) is 5.51. The Bertz CT molecular complexity index is 723. The molecular formula is C16H16N2OS. The molecule has 3 rings (SSSR count). The number of hydrogen-bond donors (Lipinski definition) is 2. The smallest absolute Gasteiger partial charge is 0.120 e. The minimum Gasteiger partial charge on any atom is -0.508 e. The first-order chi connectivity index (χ1) is 9.78. The molecule has 1 heterocycles. The van der Waals surface area contributed by atoms with Gasteiger partial charge in [0.15, 0.2) is 0 Å². The van der Waals surface area contributed by atoms with E-state index in [-0.39, 0.29) is 6.04 Å². The first kappa shape index (κ1) is 12.9. The molecule has 102 valence electrons. The molecule has 0 amide bonds. The van der Waals surface area contributed by atoms with Crippen LogP contribution in [0.25, 0.3) is 10.2 Å². The van der Waals surface area contributed by atoms with Gasteiger partial charge in [-0.25, -0.2) is 4.98 Å². The summed E-state index contributed by atoms with van der Waals surface area (Å²) in [5.74, 6) is 0.339. The zero-order valence-corrected chi connectivity index (χ0v) is 12.0. The highest BCUT2D eigenvalue weighted by atomic mass is 32.1. The van der Waals surface area contributed by atoms with Crippen LogP contribution in [0, 0.1) is 0 Å². The van der Waals surface area contributed by atoms with E-state index in [1.165, 1.54) is 4.70 Å². The van der Waals surface area contributed by atoms with Gasteiger partial charge in [0.25, 0.3) is 0 Å². The van der Waals surface area contributed by atoms with Gasteiger partial charge in [-0.3, -0.25) is 0 Å². The Morgan fingerprint density at radius 1 is 1.25 bits per heavy atom. The lowest BCUT2D eigenvalue weighted by atomic mass is 10.0. The number of anilines is 1. The van der Waals surface area contributed by atoms with Crippen LogP contribution >= 0.6 is 11.3 Å². The second-order valence-electron chi connectivity index (χ2n) is 4.70. The molecule has 2 N–H and O–H groups in total. The highest BCUT2D eigenvalue weighted by Gasteiger charge is 2.13. The van der Waals surface area contributed by atoms with Crippen LogP contribution in [0.1, 0.15) is 24.9 Å². The molecule has 20 heavy (non-hydrogen) atoms. The van der Waals surface area contributed by atoms with Crippen molar-refractivity contribution in [3.05, 3.63) is 53.5 Å². The summed E-state index contributed by atoms with van der Waals surface area (Å²) in [6, 6.07) is 13.7. The Labute approximate surface area is 121 Å². The Kier molecular flexibility index (Phi) is 3.56.